The predicted octanol–water partition coefficient (Wildman–Crippen LogP) is 0.865. The van der Waals surface area contributed by atoms with E-state index < -0.39 is 51.1 Å². The zero-order valence-electron chi connectivity index (χ0n) is 11.6. The van der Waals surface area contributed by atoms with Gasteiger partial charge in [-0.05, 0) is 12.1 Å². The van der Waals surface area contributed by atoms with Crippen LogP contribution in [0, 0.1) is 0 Å². The molecule has 1 rings (SSSR count). The molecule has 0 saturated carbocycles. The van der Waals surface area contributed by atoms with E-state index >= 15 is 0 Å². The number of benzene rings is 1. The Bertz CT molecular complexity index is 701. The average Bonchev–Trinajstić information content (AvgIpc) is 2.43. The van der Waals surface area contributed by atoms with Gasteiger partial charge in [0, 0.05) is 0 Å². The smallest absolute Gasteiger partial charge is 0.417 e. The molecule has 11 heteroatoms. The third-order valence-corrected chi connectivity index (χ3v) is 3.40. The summed E-state index contributed by atoms with van der Waals surface area (Å²) >= 11 is 0. The molecule has 0 radical (unpaired) electrons. The van der Waals surface area contributed by atoms with Crippen molar-refractivity contribution in [2.24, 2.45) is 0 Å². The van der Waals surface area contributed by atoms with Crippen LogP contribution >= 0.6 is 0 Å². The highest BCUT2D eigenvalue weighted by Gasteiger charge is 2.36. The molecule has 0 aliphatic rings. The van der Waals surface area contributed by atoms with Crippen molar-refractivity contribution < 1.29 is 40.5 Å². The molecule has 0 fully saturated rings. The van der Waals surface area contributed by atoms with Gasteiger partial charge in [-0.25, -0.2) is 4.79 Å². The maximum absolute atomic E-state index is 12.8. The van der Waals surface area contributed by atoms with E-state index in [1.165, 1.54) is 6.07 Å². The van der Waals surface area contributed by atoms with E-state index in [9.17, 15) is 31.2 Å². The molecule has 128 valence electrons. The maximum Gasteiger partial charge on any atom is 0.417 e. The van der Waals surface area contributed by atoms with Crippen molar-refractivity contribution in [2.45, 2.75) is 12.2 Å². The van der Waals surface area contributed by atoms with E-state index in [1.807, 2.05) is 0 Å². The molecular weight excluding hydrogens is 343 g/mol. The number of amides is 1. The Labute approximate surface area is 129 Å². The molecular formula is C12H12F3NO6S. The lowest BCUT2D eigenvalue weighted by atomic mass is 10.1. The number of ether oxygens (including phenoxy) is 1. The summed E-state index contributed by atoms with van der Waals surface area (Å²) in [5.41, 5.74) is -2.06. The predicted molar refractivity (Wildman–Crippen MR) is 71.1 cm³/mol. The topological polar surface area (TPSA) is 110 Å². The summed E-state index contributed by atoms with van der Waals surface area (Å²) in [5, 5.41) is 1.80. The van der Waals surface area contributed by atoms with Crippen molar-refractivity contribution >= 4 is 22.0 Å². The molecule has 1 amide bonds. The quantitative estimate of drug-likeness (QED) is 0.599. The number of nitrogens with one attached hydrogen (secondary N) is 1. The van der Waals surface area contributed by atoms with Crippen LogP contribution in [0.5, 0.6) is 0 Å². The lowest BCUT2D eigenvalue weighted by Gasteiger charge is -2.17. The largest absolute Gasteiger partial charge is 0.467 e. The van der Waals surface area contributed by atoms with Gasteiger partial charge in [0.1, 0.15) is 11.8 Å². The van der Waals surface area contributed by atoms with Gasteiger partial charge in [0.05, 0.1) is 18.2 Å². The van der Waals surface area contributed by atoms with Gasteiger partial charge in [-0.2, -0.15) is 21.6 Å². The van der Waals surface area contributed by atoms with Crippen LogP contribution in [-0.2, 0) is 25.8 Å². The highest BCUT2D eigenvalue weighted by Crippen LogP contribution is 2.31. The van der Waals surface area contributed by atoms with E-state index in [4.69, 9.17) is 4.55 Å². The Balaban J connectivity index is 3.12. The van der Waals surface area contributed by atoms with Gasteiger partial charge in [-0.1, -0.05) is 12.1 Å². The fraction of sp³-hybridized carbons (Fsp3) is 0.333. The number of halogens is 3. The van der Waals surface area contributed by atoms with Gasteiger partial charge in [0.2, 0.25) is 0 Å². The van der Waals surface area contributed by atoms with Crippen LogP contribution in [0.25, 0.3) is 0 Å². The average molecular weight is 355 g/mol. The molecule has 7 nitrogen and oxygen atoms in total. The zero-order valence-corrected chi connectivity index (χ0v) is 12.4. The van der Waals surface area contributed by atoms with Crippen LogP contribution < -0.4 is 5.32 Å². The molecule has 0 aliphatic heterocycles. The van der Waals surface area contributed by atoms with Crippen LogP contribution in [0.4, 0.5) is 13.2 Å². The van der Waals surface area contributed by atoms with Crippen molar-refractivity contribution in [3.8, 4) is 0 Å². The first-order valence-electron chi connectivity index (χ1n) is 5.96. The summed E-state index contributed by atoms with van der Waals surface area (Å²) < 4.78 is 73.1. The summed E-state index contributed by atoms with van der Waals surface area (Å²) in [6.07, 6.45) is -4.82. The minimum absolute atomic E-state index is 0.658. The van der Waals surface area contributed by atoms with E-state index in [0.717, 1.165) is 19.2 Å². The van der Waals surface area contributed by atoms with Gasteiger partial charge < -0.3 is 10.1 Å². The molecule has 0 unspecified atom stereocenters. The van der Waals surface area contributed by atoms with Crippen LogP contribution in [0.15, 0.2) is 24.3 Å². The standard InChI is InChI=1S/C12H12F3NO6S/c1-22-11(18)9(6-23(19,20)21)16-10(17)7-4-2-3-5-8(7)12(13,14)15/h2-5,9H,6H2,1H3,(H,16,17)(H,19,20,21)/t9-/m0/s1. The molecule has 0 aromatic heterocycles. The highest BCUT2D eigenvalue weighted by atomic mass is 32.2. The van der Waals surface area contributed by atoms with Gasteiger partial charge in [0.25, 0.3) is 16.0 Å². The minimum atomic E-state index is -4.82. The summed E-state index contributed by atoms with van der Waals surface area (Å²) in [7, 11) is -3.80. The number of carbonyl (C=O) groups excluding carboxylic acids is 2. The summed E-state index contributed by atoms with van der Waals surface area (Å²) in [6.45, 7) is 0. The van der Waals surface area contributed by atoms with Gasteiger partial charge >= 0.3 is 12.1 Å². The number of methoxy groups -OCH3 is 1. The van der Waals surface area contributed by atoms with Crippen LogP contribution in [-0.4, -0.2) is 43.8 Å². The fourth-order valence-corrected chi connectivity index (χ4v) is 2.33. The molecule has 0 saturated heterocycles. The molecule has 0 aliphatic carbocycles. The second-order valence-electron chi connectivity index (χ2n) is 4.34. The highest BCUT2D eigenvalue weighted by molar-refractivity contribution is 7.85. The summed E-state index contributed by atoms with van der Waals surface area (Å²) in [4.78, 5) is 23.3. The monoisotopic (exact) mass is 355 g/mol. The van der Waals surface area contributed by atoms with Crippen LogP contribution in [0.2, 0.25) is 0 Å². The van der Waals surface area contributed by atoms with Crippen molar-refractivity contribution in [1.82, 2.24) is 5.32 Å². The van der Waals surface area contributed by atoms with E-state index in [0.29, 0.717) is 6.07 Å². The zero-order chi connectivity index (χ0) is 17.8. The van der Waals surface area contributed by atoms with E-state index in [2.05, 4.69) is 4.74 Å². The second-order valence-corrected chi connectivity index (χ2v) is 5.84. The number of hydrogen-bond donors (Lipinski definition) is 2. The van der Waals surface area contributed by atoms with Gasteiger partial charge in [0.15, 0.2) is 0 Å². The summed E-state index contributed by atoms with van der Waals surface area (Å²) in [5.74, 6) is -3.81. The minimum Gasteiger partial charge on any atom is -0.467 e. The Hall–Kier alpha value is -2.14. The first-order chi connectivity index (χ1) is 10.5. The maximum atomic E-state index is 12.8. The Kier molecular flexibility index (Phi) is 5.72. The normalized spacial score (nSPS) is 13.3. The lowest BCUT2D eigenvalue weighted by molar-refractivity contribution is -0.142. The number of esters is 1. The molecule has 2 N–H and O–H groups in total. The Morgan fingerprint density at radius 2 is 1.87 bits per heavy atom. The molecule has 0 bridgehead atoms. The Morgan fingerprint density at radius 3 is 2.35 bits per heavy atom. The lowest BCUT2D eigenvalue weighted by Crippen LogP contribution is -2.46. The fourth-order valence-electron chi connectivity index (χ4n) is 1.69. The number of hydrogen-bond acceptors (Lipinski definition) is 5. The number of carbonyl (C=O) groups is 2. The van der Waals surface area contributed by atoms with E-state index in [-0.39, 0.29) is 0 Å². The first-order valence-corrected chi connectivity index (χ1v) is 7.56. The molecule has 0 heterocycles. The van der Waals surface area contributed by atoms with Crippen molar-refractivity contribution in [2.75, 3.05) is 12.9 Å². The first kappa shape index (κ1) is 18.9. The second kappa shape index (κ2) is 6.96. The molecule has 1 atom stereocenters. The molecule has 0 spiro atoms. The molecule has 23 heavy (non-hydrogen) atoms. The molecule has 1 aromatic rings. The van der Waals surface area contributed by atoms with Crippen molar-refractivity contribution in [3.63, 3.8) is 0 Å². The van der Waals surface area contributed by atoms with Crippen molar-refractivity contribution in [3.05, 3.63) is 35.4 Å². The number of rotatable bonds is 5. The molecule has 1 aromatic carbocycles. The third kappa shape index (κ3) is 5.53. The third-order valence-electron chi connectivity index (χ3n) is 2.65. The Morgan fingerprint density at radius 1 is 1.30 bits per heavy atom. The van der Waals surface area contributed by atoms with Crippen molar-refractivity contribution in [1.29, 1.82) is 0 Å². The van der Waals surface area contributed by atoms with Gasteiger partial charge in [-0.3, -0.25) is 9.35 Å². The van der Waals surface area contributed by atoms with Crippen LogP contribution in [0.1, 0.15) is 15.9 Å². The van der Waals surface area contributed by atoms with Crippen LogP contribution in [0.3, 0.4) is 0 Å². The number of alkyl halides is 3. The van der Waals surface area contributed by atoms with E-state index in [1.54, 1.807) is 5.32 Å². The van der Waals surface area contributed by atoms with Gasteiger partial charge in [-0.15, -0.1) is 0 Å². The SMILES string of the molecule is COC(=O)[C@H](CS(=O)(=O)O)NC(=O)c1ccccc1C(F)(F)F. The summed E-state index contributed by atoms with van der Waals surface area (Å²) in [6, 6.07) is 1.89.